The SMILES string of the molecule is S=C=Nc1c(Cl)ccc2c1CCO2. The molecule has 0 N–H and O–H groups in total. The van der Waals surface area contributed by atoms with E-state index in [0.29, 0.717) is 17.3 Å². The van der Waals surface area contributed by atoms with Crippen molar-refractivity contribution in [1.29, 1.82) is 0 Å². The maximum Gasteiger partial charge on any atom is 0.124 e. The maximum absolute atomic E-state index is 5.95. The van der Waals surface area contributed by atoms with Crippen LogP contribution in [0.15, 0.2) is 17.1 Å². The normalized spacial score (nSPS) is 13.0. The Hall–Kier alpha value is -0.890. The summed E-state index contributed by atoms with van der Waals surface area (Å²) in [5.41, 5.74) is 1.73. The predicted molar refractivity (Wildman–Crippen MR) is 55.3 cm³/mol. The quantitative estimate of drug-likeness (QED) is 0.526. The topological polar surface area (TPSA) is 21.6 Å². The lowest BCUT2D eigenvalue weighted by molar-refractivity contribution is 0.357. The number of thiocarbonyl (C=S) groups is 1. The zero-order valence-corrected chi connectivity index (χ0v) is 8.28. The van der Waals surface area contributed by atoms with Crippen molar-refractivity contribution in [3.8, 4) is 5.75 Å². The summed E-state index contributed by atoms with van der Waals surface area (Å²) in [4.78, 5) is 3.93. The molecular weight excluding hydrogens is 206 g/mol. The van der Waals surface area contributed by atoms with Gasteiger partial charge in [-0.05, 0) is 24.4 Å². The van der Waals surface area contributed by atoms with Gasteiger partial charge in [-0.15, -0.1) is 0 Å². The molecule has 0 aliphatic carbocycles. The van der Waals surface area contributed by atoms with Gasteiger partial charge >= 0.3 is 0 Å². The molecule has 0 unspecified atom stereocenters. The van der Waals surface area contributed by atoms with Crippen molar-refractivity contribution < 1.29 is 4.74 Å². The van der Waals surface area contributed by atoms with Crippen LogP contribution in [0.2, 0.25) is 5.02 Å². The highest BCUT2D eigenvalue weighted by molar-refractivity contribution is 7.78. The summed E-state index contributed by atoms with van der Waals surface area (Å²) in [7, 11) is 0. The van der Waals surface area contributed by atoms with Crippen LogP contribution >= 0.6 is 23.8 Å². The Morgan fingerprint density at radius 3 is 3.15 bits per heavy atom. The highest BCUT2D eigenvalue weighted by Crippen LogP contribution is 2.38. The monoisotopic (exact) mass is 211 g/mol. The van der Waals surface area contributed by atoms with Crippen LogP contribution in [0, 0.1) is 0 Å². The summed E-state index contributed by atoms with van der Waals surface area (Å²) in [5.74, 6) is 0.855. The largest absolute Gasteiger partial charge is 0.493 e. The molecule has 2 rings (SSSR count). The first-order chi connectivity index (χ1) is 6.33. The zero-order valence-electron chi connectivity index (χ0n) is 6.71. The number of hydrogen-bond donors (Lipinski definition) is 0. The molecule has 1 aromatic rings. The lowest BCUT2D eigenvalue weighted by Crippen LogP contribution is -1.85. The number of halogens is 1. The number of rotatable bonds is 1. The Morgan fingerprint density at radius 1 is 1.54 bits per heavy atom. The van der Waals surface area contributed by atoms with Gasteiger partial charge < -0.3 is 4.74 Å². The third-order valence-electron chi connectivity index (χ3n) is 1.96. The lowest BCUT2D eigenvalue weighted by Gasteiger charge is -2.02. The van der Waals surface area contributed by atoms with E-state index < -0.39 is 0 Å². The van der Waals surface area contributed by atoms with E-state index in [2.05, 4.69) is 22.4 Å². The standard InChI is InChI=1S/C9H6ClNOS/c10-7-1-2-8-6(3-4-12-8)9(7)11-5-13/h1-2H,3-4H2. The van der Waals surface area contributed by atoms with E-state index in [1.807, 2.05) is 6.07 Å². The first kappa shape index (κ1) is 8.70. The number of aliphatic imine (C=N–C) groups is 1. The minimum atomic E-state index is 0.599. The van der Waals surface area contributed by atoms with Gasteiger partial charge in [0.05, 0.1) is 22.5 Å². The molecule has 1 aromatic carbocycles. The molecule has 0 saturated carbocycles. The molecule has 0 spiro atoms. The molecule has 4 heteroatoms. The van der Waals surface area contributed by atoms with E-state index in [1.165, 1.54) is 0 Å². The van der Waals surface area contributed by atoms with E-state index in [4.69, 9.17) is 16.3 Å². The second-order valence-corrected chi connectivity index (χ2v) is 3.26. The molecule has 1 aliphatic rings. The molecule has 0 fully saturated rings. The molecule has 66 valence electrons. The van der Waals surface area contributed by atoms with Crippen molar-refractivity contribution in [2.75, 3.05) is 6.61 Å². The second-order valence-electron chi connectivity index (χ2n) is 2.67. The molecule has 0 aromatic heterocycles. The summed E-state index contributed by atoms with van der Waals surface area (Å²) in [5, 5.41) is 2.92. The van der Waals surface area contributed by atoms with Gasteiger partial charge in [-0.1, -0.05) is 11.6 Å². The van der Waals surface area contributed by atoms with Gasteiger partial charge in [0, 0.05) is 12.0 Å². The number of ether oxygens (including phenoxy) is 1. The Morgan fingerprint density at radius 2 is 2.38 bits per heavy atom. The third-order valence-corrected chi connectivity index (χ3v) is 2.35. The van der Waals surface area contributed by atoms with Crippen LogP contribution in [-0.2, 0) is 6.42 Å². The minimum absolute atomic E-state index is 0.599. The van der Waals surface area contributed by atoms with E-state index in [9.17, 15) is 0 Å². The number of fused-ring (bicyclic) bond motifs is 1. The molecule has 1 heterocycles. The fraction of sp³-hybridized carbons (Fsp3) is 0.222. The van der Waals surface area contributed by atoms with E-state index in [0.717, 1.165) is 17.7 Å². The second kappa shape index (κ2) is 3.46. The van der Waals surface area contributed by atoms with Gasteiger partial charge in [0.25, 0.3) is 0 Å². The fourth-order valence-electron chi connectivity index (χ4n) is 1.40. The van der Waals surface area contributed by atoms with Crippen molar-refractivity contribution in [2.24, 2.45) is 4.99 Å². The average molecular weight is 212 g/mol. The van der Waals surface area contributed by atoms with Crippen molar-refractivity contribution >= 4 is 34.7 Å². The Labute approximate surface area is 86.2 Å². The van der Waals surface area contributed by atoms with E-state index in [-0.39, 0.29) is 0 Å². The van der Waals surface area contributed by atoms with E-state index >= 15 is 0 Å². The molecule has 2 nitrogen and oxygen atoms in total. The number of hydrogen-bond acceptors (Lipinski definition) is 3. The molecule has 1 aliphatic heterocycles. The molecular formula is C9H6ClNOS. The first-order valence-corrected chi connectivity index (χ1v) is 4.63. The minimum Gasteiger partial charge on any atom is -0.493 e. The smallest absolute Gasteiger partial charge is 0.124 e. The van der Waals surface area contributed by atoms with Crippen molar-refractivity contribution in [1.82, 2.24) is 0 Å². The Kier molecular flexibility index (Phi) is 2.32. The van der Waals surface area contributed by atoms with Crippen molar-refractivity contribution in [2.45, 2.75) is 6.42 Å². The van der Waals surface area contributed by atoms with Crippen LogP contribution in [-0.4, -0.2) is 11.8 Å². The van der Waals surface area contributed by atoms with E-state index in [1.54, 1.807) is 6.07 Å². The van der Waals surface area contributed by atoms with Crippen LogP contribution < -0.4 is 4.74 Å². The highest BCUT2D eigenvalue weighted by Gasteiger charge is 2.17. The van der Waals surface area contributed by atoms with Crippen LogP contribution in [0.3, 0.4) is 0 Å². The summed E-state index contributed by atoms with van der Waals surface area (Å²) in [6, 6.07) is 3.62. The summed E-state index contributed by atoms with van der Waals surface area (Å²) < 4.78 is 5.36. The Balaban J connectivity index is 2.64. The van der Waals surface area contributed by atoms with Crippen LogP contribution in [0.1, 0.15) is 5.56 Å². The van der Waals surface area contributed by atoms with Gasteiger partial charge in [0.1, 0.15) is 5.75 Å². The predicted octanol–water partition coefficient (Wildman–Crippen LogP) is 3.01. The fourth-order valence-corrected chi connectivity index (χ4v) is 1.71. The maximum atomic E-state index is 5.95. The molecule has 0 radical (unpaired) electrons. The zero-order chi connectivity index (χ0) is 9.26. The molecule has 0 bridgehead atoms. The number of benzene rings is 1. The summed E-state index contributed by atoms with van der Waals surface area (Å²) in [6.07, 6.45) is 0.839. The molecule has 0 atom stereocenters. The molecule has 13 heavy (non-hydrogen) atoms. The van der Waals surface area contributed by atoms with Gasteiger partial charge in [-0.3, -0.25) is 0 Å². The molecule has 0 amide bonds. The summed E-state index contributed by atoms with van der Waals surface area (Å²) >= 11 is 10.5. The average Bonchev–Trinajstić information content (AvgIpc) is 2.58. The van der Waals surface area contributed by atoms with Crippen LogP contribution in [0.25, 0.3) is 0 Å². The first-order valence-electron chi connectivity index (χ1n) is 3.85. The number of isothiocyanates is 1. The summed E-state index contributed by atoms with van der Waals surface area (Å²) in [6.45, 7) is 0.690. The molecule has 0 saturated heterocycles. The lowest BCUT2D eigenvalue weighted by atomic mass is 10.1. The van der Waals surface area contributed by atoms with Crippen molar-refractivity contribution in [3.63, 3.8) is 0 Å². The third kappa shape index (κ3) is 1.46. The van der Waals surface area contributed by atoms with Crippen LogP contribution in [0.5, 0.6) is 5.75 Å². The highest BCUT2D eigenvalue weighted by atomic mass is 35.5. The van der Waals surface area contributed by atoms with Crippen molar-refractivity contribution in [3.05, 3.63) is 22.7 Å². The van der Waals surface area contributed by atoms with Gasteiger partial charge in [-0.25, -0.2) is 0 Å². The van der Waals surface area contributed by atoms with Gasteiger partial charge in [-0.2, -0.15) is 4.99 Å². The Bertz CT molecular complexity index is 399. The van der Waals surface area contributed by atoms with Gasteiger partial charge in [0.15, 0.2) is 0 Å². The van der Waals surface area contributed by atoms with Crippen LogP contribution in [0.4, 0.5) is 5.69 Å². The number of nitrogens with zero attached hydrogens (tertiary/aromatic N) is 1. The van der Waals surface area contributed by atoms with Gasteiger partial charge in [0.2, 0.25) is 0 Å².